The number of carboxylic acid groups (broad SMARTS) is 1. The summed E-state index contributed by atoms with van der Waals surface area (Å²) in [6.07, 6.45) is -1.52. The van der Waals surface area contributed by atoms with Crippen molar-refractivity contribution in [3.05, 3.63) is 72.6 Å². The lowest BCUT2D eigenvalue weighted by atomic mass is 9.96. The highest BCUT2D eigenvalue weighted by molar-refractivity contribution is 5.98. The second-order valence-corrected chi connectivity index (χ2v) is 6.87. The molecule has 0 saturated heterocycles. The van der Waals surface area contributed by atoms with Gasteiger partial charge in [0.2, 0.25) is 0 Å². The molecule has 3 N–H and O–H groups in total. The maximum Gasteiger partial charge on any atom is 0.490 e. The van der Waals surface area contributed by atoms with Gasteiger partial charge in [-0.2, -0.15) is 18.4 Å². The molecule has 0 fully saturated rings. The Kier molecular flexibility index (Phi) is 6.97. The van der Waals surface area contributed by atoms with Gasteiger partial charge in [-0.05, 0) is 35.7 Å². The number of alkyl halides is 3. The molecule has 0 aliphatic heterocycles. The number of aromatic nitrogens is 2. The molecule has 2 heterocycles. The van der Waals surface area contributed by atoms with Crippen LogP contribution < -0.4 is 10.5 Å². The smallest absolute Gasteiger partial charge is 0.490 e. The Morgan fingerprint density at radius 2 is 1.74 bits per heavy atom. The first-order chi connectivity index (χ1) is 16.2. The molecule has 172 valence electrons. The quantitative estimate of drug-likeness (QED) is 0.433. The summed E-state index contributed by atoms with van der Waals surface area (Å²) in [5.41, 5.74) is 9.64. The van der Waals surface area contributed by atoms with Crippen molar-refractivity contribution < 1.29 is 27.8 Å². The lowest BCUT2D eigenvalue weighted by molar-refractivity contribution is -0.192. The van der Waals surface area contributed by atoms with Crippen molar-refractivity contribution in [3.63, 3.8) is 0 Å². The van der Waals surface area contributed by atoms with Gasteiger partial charge in [0.15, 0.2) is 0 Å². The van der Waals surface area contributed by atoms with Crippen LogP contribution in [0.3, 0.4) is 0 Å². The van der Waals surface area contributed by atoms with Gasteiger partial charge in [0.25, 0.3) is 0 Å². The number of fused-ring (bicyclic) bond motifs is 1. The maximum atomic E-state index is 10.6. The molecule has 0 unspecified atom stereocenters. The van der Waals surface area contributed by atoms with Crippen molar-refractivity contribution in [2.24, 2.45) is 0 Å². The van der Waals surface area contributed by atoms with Crippen LogP contribution in [0.15, 0.2) is 67.0 Å². The van der Waals surface area contributed by atoms with Crippen LogP contribution in [-0.2, 0) is 4.79 Å². The van der Waals surface area contributed by atoms with E-state index in [-0.39, 0.29) is 5.82 Å². The van der Waals surface area contributed by atoms with Crippen LogP contribution in [0.2, 0.25) is 0 Å². The minimum atomic E-state index is -5.08. The fraction of sp³-hybridized carbons (Fsp3) is 0.0833. The predicted molar refractivity (Wildman–Crippen MR) is 120 cm³/mol. The van der Waals surface area contributed by atoms with E-state index in [2.05, 4.69) is 16.0 Å². The third kappa shape index (κ3) is 5.21. The number of anilines is 1. The van der Waals surface area contributed by atoms with Gasteiger partial charge in [0.05, 0.1) is 12.8 Å². The molecule has 0 saturated carbocycles. The van der Waals surface area contributed by atoms with Crippen molar-refractivity contribution in [1.29, 1.82) is 5.26 Å². The van der Waals surface area contributed by atoms with Gasteiger partial charge in [0.1, 0.15) is 23.2 Å². The zero-order chi connectivity index (χ0) is 24.9. The number of nitrogen functional groups attached to an aromatic ring is 1. The summed E-state index contributed by atoms with van der Waals surface area (Å²) in [5.74, 6) is -1.79. The molecule has 0 amide bonds. The first kappa shape index (κ1) is 24.0. The number of nitriles is 1. The van der Waals surface area contributed by atoms with E-state index >= 15 is 0 Å². The number of nitrogens with zero attached hydrogens (tertiary/aromatic N) is 3. The molecule has 0 aliphatic carbocycles. The summed E-state index contributed by atoms with van der Waals surface area (Å²) in [6.45, 7) is 0. The third-order valence-electron chi connectivity index (χ3n) is 4.75. The van der Waals surface area contributed by atoms with Crippen LogP contribution in [0, 0.1) is 11.3 Å². The van der Waals surface area contributed by atoms with Crippen LogP contribution in [0.25, 0.3) is 33.2 Å². The van der Waals surface area contributed by atoms with E-state index in [0.717, 1.165) is 33.2 Å². The Hall–Kier alpha value is -4.65. The van der Waals surface area contributed by atoms with E-state index in [0.29, 0.717) is 11.3 Å². The second-order valence-electron chi connectivity index (χ2n) is 6.87. The summed E-state index contributed by atoms with van der Waals surface area (Å²) in [4.78, 5) is 17.7. The number of ether oxygens (including phenoxy) is 1. The van der Waals surface area contributed by atoms with Crippen LogP contribution in [0.5, 0.6) is 5.75 Å². The molecule has 0 radical (unpaired) electrons. The van der Waals surface area contributed by atoms with Gasteiger partial charge in [-0.3, -0.25) is 4.98 Å². The highest BCUT2D eigenvalue weighted by atomic mass is 19.4. The number of benzene rings is 2. The van der Waals surface area contributed by atoms with Crippen LogP contribution in [0.1, 0.15) is 5.56 Å². The third-order valence-corrected chi connectivity index (χ3v) is 4.75. The number of hydrogen-bond donors (Lipinski definition) is 2. The SMILES string of the molecule is COc1ccc(-c2cc(-c3cncc4ccccc34)c(C#N)c(N)n2)cc1.O=C(O)C(F)(F)F. The zero-order valence-corrected chi connectivity index (χ0v) is 17.7. The Morgan fingerprint density at radius 1 is 1.09 bits per heavy atom. The van der Waals surface area contributed by atoms with Crippen molar-refractivity contribution in [1.82, 2.24) is 9.97 Å². The molecule has 2 aromatic heterocycles. The van der Waals surface area contributed by atoms with Crippen molar-refractivity contribution in [3.8, 4) is 34.2 Å². The number of halogens is 3. The van der Waals surface area contributed by atoms with Gasteiger partial charge in [-0.15, -0.1) is 0 Å². The highest BCUT2D eigenvalue weighted by Gasteiger charge is 2.38. The number of pyridine rings is 2. The summed E-state index contributed by atoms with van der Waals surface area (Å²) in [6, 6.07) is 19.6. The number of nitrogens with two attached hydrogens (primary N) is 1. The molecular weight excluding hydrogens is 449 g/mol. The largest absolute Gasteiger partial charge is 0.497 e. The Labute approximate surface area is 191 Å². The molecule has 0 spiro atoms. The van der Waals surface area contributed by atoms with E-state index < -0.39 is 12.1 Å². The number of carbonyl (C=O) groups is 1. The molecule has 10 heteroatoms. The fourth-order valence-corrected chi connectivity index (χ4v) is 3.14. The molecule has 0 atom stereocenters. The van der Waals surface area contributed by atoms with Crippen molar-refractivity contribution in [2.75, 3.05) is 12.8 Å². The first-order valence-corrected chi connectivity index (χ1v) is 9.64. The number of aliphatic carboxylic acids is 1. The van der Waals surface area contributed by atoms with Crippen LogP contribution >= 0.6 is 0 Å². The lowest BCUT2D eigenvalue weighted by Crippen LogP contribution is -2.21. The summed E-state index contributed by atoms with van der Waals surface area (Å²) < 4.78 is 36.9. The molecule has 4 rings (SSSR count). The van der Waals surface area contributed by atoms with Gasteiger partial charge in [0, 0.05) is 34.5 Å². The van der Waals surface area contributed by atoms with Gasteiger partial charge in [-0.25, -0.2) is 9.78 Å². The Bertz CT molecular complexity index is 1380. The van der Waals surface area contributed by atoms with Crippen molar-refractivity contribution in [2.45, 2.75) is 6.18 Å². The molecule has 2 aromatic carbocycles. The summed E-state index contributed by atoms with van der Waals surface area (Å²) in [5, 5.41) is 18.8. The predicted octanol–water partition coefficient (Wildman–Crippen LogP) is 5.06. The van der Waals surface area contributed by atoms with E-state index in [4.69, 9.17) is 20.4 Å². The molecule has 7 nitrogen and oxygen atoms in total. The van der Waals surface area contributed by atoms with Gasteiger partial charge in [-0.1, -0.05) is 24.3 Å². The minimum Gasteiger partial charge on any atom is -0.497 e. The summed E-state index contributed by atoms with van der Waals surface area (Å²) in [7, 11) is 1.62. The fourth-order valence-electron chi connectivity index (χ4n) is 3.14. The molecule has 0 aliphatic rings. The Balaban J connectivity index is 0.000000406. The number of hydrogen-bond acceptors (Lipinski definition) is 6. The maximum absolute atomic E-state index is 10.6. The lowest BCUT2D eigenvalue weighted by Gasteiger charge is -2.12. The molecule has 0 bridgehead atoms. The highest BCUT2D eigenvalue weighted by Crippen LogP contribution is 2.35. The average molecular weight is 466 g/mol. The Morgan fingerprint density at radius 3 is 2.32 bits per heavy atom. The minimum absolute atomic E-state index is 0.203. The molecule has 4 aromatic rings. The second kappa shape index (κ2) is 9.87. The first-order valence-electron chi connectivity index (χ1n) is 9.64. The number of rotatable bonds is 3. The van der Waals surface area contributed by atoms with E-state index in [1.54, 1.807) is 19.5 Å². The molecule has 34 heavy (non-hydrogen) atoms. The molecular formula is C24H17F3N4O3. The zero-order valence-electron chi connectivity index (χ0n) is 17.7. The monoisotopic (exact) mass is 466 g/mol. The van der Waals surface area contributed by atoms with E-state index in [1.165, 1.54) is 0 Å². The normalized spacial score (nSPS) is 10.7. The average Bonchev–Trinajstić information content (AvgIpc) is 2.83. The van der Waals surface area contributed by atoms with Gasteiger partial charge >= 0.3 is 12.1 Å². The van der Waals surface area contributed by atoms with Crippen LogP contribution in [-0.4, -0.2) is 34.3 Å². The van der Waals surface area contributed by atoms with Gasteiger partial charge < -0.3 is 15.6 Å². The topological polar surface area (TPSA) is 122 Å². The van der Waals surface area contributed by atoms with E-state index in [1.807, 2.05) is 54.6 Å². The van der Waals surface area contributed by atoms with E-state index in [9.17, 15) is 18.4 Å². The number of carboxylic acids is 1. The standard InChI is InChI=1S/C22H16N4O.C2HF3O2/c1-27-16-8-6-14(7-9-16)21-10-18(19(11-23)22(24)26-21)20-13-25-12-15-4-2-3-5-17(15)20;3-2(4,5)1(6)7/h2-10,12-13H,1H3,(H2,24,26);(H,6,7). The summed E-state index contributed by atoms with van der Waals surface area (Å²) >= 11 is 0. The van der Waals surface area contributed by atoms with Crippen LogP contribution in [0.4, 0.5) is 19.0 Å². The number of methoxy groups -OCH3 is 1. The van der Waals surface area contributed by atoms with Crippen molar-refractivity contribution >= 4 is 22.6 Å².